The molecule has 2 heterocycles. The Balaban J connectivity index is 1.79. The number of rotatable bonds is 6. The zero-order chi connectivity index (χ0) is 17.8. The van der Waals surface area contributed by atoms with Gasteiger partial charge in [-0.15, -0.1) is 5.10 Å². The largest absolute Gasteiger partial charge is 0.493 e. The van der Waals surface area contributed by atoms with Gasteiger partial charge in [-0.1, -0.05) is 13.8 Å². The van der Waals surface area contributed by atoms with E-state index in [1.54, 1.807) is 20.4 Å². The first kappa shape index (κ1) is 17.3. The van der Waals surface area contributed by atoms with Crippen molar-refractivity contribution in [2.75, 3.05) is 37.5 Å². The average molecular weight is 343 g/mol. The SMILES string of the molecule is COc1cc2c(cc1OC)CN(c1nncc(NCC(C)C)n1)CC2. The van der Waals surface area contributed by atoms with E-state index in [1.165, 1.54) is 11.1 Å². The molecule has 0 radical (unpaired) electrons. The van der Waals surface area contributed by atoms with Crippen LogP contribution in [0.15, 0.2) is 18.3 Å². The summed E-state index contributed by atoms with van der Waals surface area (Å²) in [7, 11) is 3.32. The van der Waals surface area contributed by atoms with E-state index in [0.29, 0.717) is 11.9 Å². The summed E-state index contributed by atoms with van der Waals surface area (Å²) in [6, 6.07) is 4.10. The molecule has 0 amide bonds. The maximum atomic E-state index is 5.42. The zero-order valence-electron chi connectivity index (χ0n) is 15.2. The van der Waals surface area contributed by atoms with Crippen LogP contribution in [0.2, 0.25) is 0 Å². The fourth-order valence-electron chi connectivity index (χ4n) is 2.88. The highest BCUT2D eigenvalue weighted by Crippen LogP contribution is 2.33. The van der Waals surface area contributed by atoms with E-state index in [4.69, 9.17) is 9.47 Å². The highest BCUT2D eigenvalue weighted by molar-refractivity contribution is 5.51. The van der Waals surface area contributed by atoms with Gasteiger partial charge in [0.25, 0.3) is 0 Å². The second kappa shape index (κ2) is 7.55. The molecular formula is C18H25N5O2. The number of aromatic nitrogens is 3. The summed E-state index contributed by atoms with van der Waals surface area (Å²) in [5, 5.41) is 11.6. The standard InChI is InChI=1S/C18H25N5O2/c1-12(2)9-19-17-10-20-22-18(21-17)23-6-5-13-7-15(24-3)16(25-4)8-14(13)11-23/h7-8,10,12H,5-6,9,11H2,1-4H3,(H,19,21,22). The van der Waals surface area contributed by atoms with Crippen LogP contribution in [0.25, 0.3) is 0 Å². The van der Waals surface area contributed by atoms with E-state index in [9.17, 15) is 0 Å². The van der Waals surface area contributed by atoms with Gasteiger partial charge >= 0.3 is 0 Å². The molecule has 1 aromatic carbocycles. The van der Waals surface area contributed by atoms with Gasteiger partial charge in [0.1, 0.15) is 0 Å². The van der Waals surface area contributed by atoms with Gasteiger partial charge in [0.2, 0.25) is 5.95 Å². The molecule has 0 spiro atoms. The van der Waals surface area contributed by atoms with Gasteiger partial charge in [0, 0.05) is 19.6 Å². The van der Waals surface area contributed by atoms with Crippen LogP contribution < -0.4 is 19.7 Å². The number of benzene rings is 1. The molecule has 1 aliphatic rings. The van der Waals surface area contributed by atoms with Gasteiger partial charge < -0.3 is 19.7 Å². The number of ether oxygens (including phenoxy) is 2. The van der Waals surface area contributed by atoms with E-state index < -0.39 is 0 Å². The molecule has 134 valence electrons. The molecule has 2 aromatic rings. The Bertz CT molecular complexity index is 735. The third kappa shape index (κ3) is 3.92. The summed E-state index contributed by atoms with van der Waals surface area (Å²) < 4.78 is 10.8. The molecule has 3 rings (SSSR count). The van der Waals surface area contributed by atoms with Crippen molar-refractivity contribution < 1.29 is 9.47 Å². The molecule has 7 nitrogen and oxygen atoms in total. The third-order valence-electron chi connectivity index (χ3n) is 4.24. The number of anilines is 2. The summed E-state index contributed by atoms with van der Waals surface area (Å²) in [5.41, 5.74) is 2.48. The van der Waals surface area contributed by atoms with Crippen molar-refractivity contribution in [3.05, 3.63) is 29.5 Å². The van der Waals surface area contributed by atoms with E-state index >= 15 is 0 Å². The van der Waals surface area contributed by atoms with Crippen LogP contribution >= 0.6 is 0 Å². The zero-order valence-corrected chi connectivity index (χ0v) is 15.2. The minimum atomic E-state index is 0.544. The van der Waals surface area contributed by atoms with Gasteiger partial charge in [-0.25, -0.2) is 0 Å². The molecule has 0 saturated carbocycles. The minimum Gasteiger partial charge on any atom is -0.493 e. The van der Waals surface area contributed by atoms with Gasteiger partial charge in [0.05, 0.1) is 20.4 Å². The summed E-state index contributed by atoms with van der Waals surface area (Å²) in [6.07, 6.45) is 2.57. The number of fused-ring (bicyclic) bond motifs is 1. The second-order valence-electron chi connectivity index (χ2n) is 6.56. The maximum absolute atomic E-state index is 5.42. The van der Waals surface area contributed by atoms with Crippen molar-refractivity contribution in [2.45, 2.75) is 26.8 Å². The quantitative estimate of drug-likeness (QED) is 0.864. The molecule has 1 aliphatic heterocycles. The predicted octanol–water partition coefficient (Wildman–Crippen LogP) is 2.52. The first-order chi connectivity index (χ1) is 12.1. The Morgan fingerprint density at radius 3 is 2.56 bits per heavy atom. The van der Waals surface area contributed by atoms with E-state index in [-0.39, 0.29) is 0 Å². The van der Waals surface area contributed by atoms with E-state index in [1.807, 2.05) is 6.07 Å². The molecule has 25 heavy (non-hydrogen) atoms. The molecular weight excluding hydrogens is 318 g/mol. The number of hydrogen-bond donors (Lipinski definition) is 1. The average Bonchev–Trinajstić information content (AvgIpc) is 2.65. The molecule has 1 N–H and O–H groups in total. The number of nitrogens with zero attached hydrogens (tertiary/aromatic N) is 4. The van der Waals surface area contributed by atoms with Crippen molar-refractivity contribution in [1.82, 2.24) is 15.2 Å². The summed E-state index contributed by atoms with van der Waals surface area (Å²) in [6.45, 7) is 6.75. The van der Waals surface area contributed by atoms with Crippen molar-refractivity contribution in [2.24, 2.45) is 5.92 Å². The summed E-state index contributed by atoms with van der Waals surface area (Å²) in [4.78, 5) is 6.74. The number of nitrogens with one attached hydrogen (secondary N) is 1. The Kier molecular flexibility index (Phi) is 5.21. The molecule has 0 atom stereocenters. The lowest BCUT2D eigenvalue weighted by Crippen LogP contribution is -2.32. The molecule has 7 heteroatoms. The summed E-state index contributed by atoms with van der Waals surface area (Å²) >= 11 is 0. The van der Waals surface area contributed by atoms with Crippen molar-refractivity contribution in [1.29, 1.82) is 0 Å². The lowest BCUT2D eigenvalue weighted by atomic mass is 9.99. The predicted molar refractivity (Wildman–Crippen MR) is 97.5 cm³/mol. The Labute approximate surface area is 148 Å². The maximum Gasteiger partial charge on any atom is 0.247 e. The molecule has 0 saturated heterocycles. The topological polar surface area (TPSA) is 72.4 Å². The fourth-order valence-corrected chi connectivity index (χ4v) is 2.88. The molecule has 0 bridgehead atoms. The molecule has 0 aliphatic carbocycles. The monoisotopic (exact) mass is 343 g/mol. The Morgan fingerprint density at radius 2 is 1.88 bits per heavy atom. The van der Waals surface area contributed by atoms with Crippen LogP contribution in [0.1, 0.15) is 25.0 Å². The Hall–Kier alpha value is -2.57. The minimum absolute atomic E-state index is 0.544. The van der Waals surface area contributed by atoms with Crippen LogP contribution in [0, 0.1) is 5.92 Å². The van der Waals surface area contributed by atoms with Crippen LogP contribution in [0.5, 0.6) is 11.5 Å². The van der Waals surface area contributed by atoms with Gasteiger partial charge in [-0.3, -0.25) is 0 Å². The molecule has 0 unspecified atom stereocenters. The first-order valence-electron chi connectivity index (χ1n) is 8.53. The van der Waals surface area contributed by atoms with Crippen molar-refractivity contribution in [3.63, 3.8) is 0 Å². The van der Waals surface area contributed by atoms with E-state index in [2.05, 4.69) is 45.3 Å². The van der Waals surface area contributed by atoms with Crippen molar-refractivity contribution in [3.8, 4) is 11.5 Å². The van der Waals surface area contributed by atoms with Gasteiger partial charge in [0.15, 0.2) is 17.3 Å². The highest BCUT2D eigenvalue weighted by Gasteiger charge is 2.21. The van der Waals surface area contributed by atoms with Crippen molar-refractivity contribution >= 4 is 11.8 Å². The fraction of sp³-hybridized carbons (Fsp3) is 0.500. The van der Waals surface area contributed by atoms with Crippen LogP contribution in [-0.4, -0.2) is 42.5 Å². The lowest BCUT2D eigenvalue weighted by Gasteiger charge is -2.29. The third-order valence-corrected chi connectivity index (χ3v) is 4.24. The lowest BCUT2D eigenvalue weighted by molar-refractivity contribution is 0.353. The highest BCUT2D eigenvalue weighted by atomic mass is 16.5. The summed E-state index contributed by atoms with van der Waals surface area (Å²) in [5.74, 6) is 3.47. The van der Waals surface area contributed by atoms with E-state index in [0.717, 1.165) is 43.4 Å². The number of hydrogen-bond acceptors (Lipinski definition) is 7. The van der Waals surface area contributed by atoms with Crippen LogP contribution in [0.4, 0.5) is 11.8 Å². The van der Waals surface area contributed by atoms with Crippen LogP contribution in [0.3, 0.4) is 0 Å². The van der Waals surface area contributed by atoms with Crippen LogP contribution in [-0.2, 0) is 13.0 Å². The second-order valence-corrected chi connectivity index (χ2v) is 6.56. The number of methoxy groups -OCH3 is 2. The first-order valence-corrected chi connectivity index (χ1v) is 8.53. The van der Waals surface area contributed by atoms with Gasteiger partial charge in [-0.2, -0.15) is 10.1 Å². The molecule has 0 fully saturated rings. The molecule has 1 aromatic heterocycles. The smallest absolute Gasteiger partial charge is 0.247 e. The van der Waals surface area contributed by atoms with Gasteiger partial charge in [-0.05, 0) is 35.6 Å². The normalized spacial score (nSPS) is 13.6. The Morgan fingerprint density at radius 1 is 1.16 bits per heavy atom.